The number of anilines is 1. The van der Waals surface area contributed by atoms with Gasteiger partial charge in [0.1, 0.15) is 17.1 Å². The Morgan fingerprint density at radius 1 is 0.966 bits per heavy atom. The van der Waals surface area contributed by atoms with Crippen LogP contribution in [0.15, 0.2) is 54.1 Å². The Kier molecular flexibility index (Phi) is 6.29. The summed E-state index contributed by atoms with van der Waals surface area (Å²) in [6.45, 7) is 4.86. The second kappa shape index (κ2) is 9.05. The van der Waals surface area contributed by atoms with Crippen LogP contribution in [0.5, 0.6) is 11.5 Å². The minimum absolute atomic E-state index is 0.150. The van der Waals surface area contributed by atoms with Gasteiger partial charge in [0, 0.05) is 5.56 Å². The van der Waals surface area contributed by atoms with Gasteiger partial charge in [-0.15, -0.1) is 0 Å². The molecule has 0 radical (unpaired) electrons. The van der Waals surface area contributed by atoms with Gasteiger partial charge in [-0.05, 0) is 49.8 Å². The van der Waals surface area contributed by atoms with Crippen molar-refractivity contribution in [2.24, 2.45) is 0 Å². The lowest BCUT2D eigenvalue weighted by molar-refractivity contribution is -0.122. The molecular formula is C22H22N2O5. The standard InChI is InChI=1S/C22H22N2O5/c1-3-13-29-17-11-9-16(10-12-17)24-21(26)18(20(25)23-22(24)27)14-15-7-5-6-8-19(15)28-4-2/h5-12,14H,3-4,13H2,1-2H3,(H,23,25,27)/b18-14-. The molecule has 0 saturated carbocycles. The fraction of sp³-hybridized carbons (Fsp3) is 0.227. The molecule has 3 rings (SSSR count). The molecule has 1 fully saturated rings. The Labute approximate surface area is 168 Å². The average Bonchev–Trinajstić information content (AvgIpc) is 2.71. The molecule has 0 atom stereocenters. The van der Waals surface area contributed by atoms with Crippen LogP contribution in [0.1, 0.15) is 25.8 Å². The molecule has 0 bridgehead atoms. The molecular weight excluding hydrogens is 372 g/mol. The molecule has 1 aliphatic heterocycles. The molecule has 4 amide bonds. The third kappa shape index (κ3) is 4.45. The number of imide groups is 2. The van der Waals surface area contributed by atoms with Crippen molar-refractivity contribution < 1.29 is 23.9 Å². The fourth-order valence-electron chi connectivity index (χ4n) is 2.85. The quantitative estimate of drug-likeness (QED) is 0.574. The Hall–Kier alpha value is -3.61. The minimum atomic E-state index is -0.794. The molecule has 1 aliphatic rings. The number of urea groups is 1. The summed E-state index contributed by atoms with van der Waals surface area (Å²) in [7, 11) is 0. The van der Waals surface area contributed by atoms with Gasteiger partial charge >= 0.3 is 6.03 Å². The Bertz CT molecular complexity index is 950. The van der Waals surface area contributed by atoms with Crippen LogP contribution >= 0.6 is 0 Å². The summed E-state index contributed by atoms with van der Waals surface area (Å²) in [4.78, 5) is 38.6. The van der Waals surface area contributed by atoms with Crippen LogP contribution < -0.4 is 19.7 Å². The van der Waals surface area contributed by atoms with Crippen LogP contribution in [0.3, 0.4) is 0 Å². The Morgan fingerprint density at radius 3 is 2.38 bits per heavy atom. The Morgan fingerprint density at radius 2 is 1.69 bits per heavy atom. The maximum absolute atomic E-state index is 13.0. The third-order valence-electron chi connectivity index (χ3n) is 4.19. The second-order valence-corrected chi connectivity index (χ2v) is 6.27. The van der Waals surface area contributed by atoms with E-state index in [1.165, 1.54) is 6.08 Å². The van der Waals surface area contributed by atoms with E-state index < -0.39 is 17.8 Å². The van der Waals surface area contributed by atoms with Crippen LogP contribution in [0.25, 0.3) is 6.08 Å². The highest BCUT2D eigenvalue weighted by molar-refractivity contribution is 6.39. The number of carbonyl (C=O) groups excluding carboxylic acids is 3. The van der Waals surface area contributed by atoms with Crippen molar-refractivity contribution >= 4 is 29.6 Å². The average molecular weight is 394 g/mol. The summed E-state index contributed by atoms with van der Waals surface area (Å²) in [5.41, 5.74) is 0.765. The lowest BCUT2D eigenvalue weighted by Gasteiger charge is -2.26. The summed E-state index contributed by atoms with van der Waals surface area (Å²) >= 11 is 0. The predicted molar refractivity (Wildman–Crippen MR) is 109 cm³/mol. The first-order valence-electron chi connectivity index (χ1n) is 9.41. The summed E-state index contributed by atoms with van der Waals surface area (Å²) in [6, 6.07) is 12.8. The van der Waals surface area contributed by atoms with Gasteiger partial charge in [-0.2, -0.15) is 0 Å². The third-order valence-corrected chi connectivity index (χ3v) is 4.19. The number of hydrogen-bond acceptors (Lipinski definition) is 5. The molecule has 1 heterocycles. The van der Waals surface area contributed by atoms with E-state index in [9.17, 15) is 14.4 Å². The summed E-state index contributed by atoms with van der Waals surface area (Å²) in [5.74, 6) is -0.264. The minimum Gasteiger partial charge on any atom is -0.494 e. The number of nitrogens with one attached hydrogen (secondary N) is 1. The van der Waals surface area contributed by atoms with E-state index in [2.05, 4.69) is 5.32 Å². The Balaban J connectivity index is 1.92. The zero-order valence-corrected chi connectivity index (χ0v) is 16.3. The molecule has 0 aliphatic carbocycles. The van der Waals surface area contributed by atoms with Gasteiger partial charge < -0.3 is 9.47 Å². The van der Waals surface area contributed by atoms with Crippen LogP contribution in [0.4, 0.5) is 10.5 Å². The number of ether oxygens (including phenoxy) is 2. The van der Waals surface area contributed by atoms with E-state index in [0.717, 1.165) is 11.3 Å². The van der Waals surface area contributed by atoms with E-state index in [0.29, 0.717) is 36.0 Å². The SMILES string of the molecule is CCCOc1ccc(N2C(=O)NC(=O)/C(=C/c3ccccc3OCC)C2=O)cc1. The normalized spacial score (nSPS) is 15.4. The van der Waals surface area contributed by atoms with Gasteiger partial charge in [-0.3, -0.25) is 14.9 Å². The number of amides is 4. The smallest absolute Gasteiger partial charge is 0.335 e. The number of benzene rings is 2. The van der Waals surface area contributed by atoms with Gasteiger partial charge in [-0.1, -0.05) is 25.1 Å². The van der Waals surface area contributed by atoms with E-state index in [1.807, 2.05) is 13.8 Å². The molecule has 2 aromatic carbocycles. The maximum atomic E-state index is 13.0. The largest absolute Gasteiger partial charge is 0.494 e. The number of barbiturate groups is 1. The van der Waals surface area contributed by atoms with Gasteiger partial charge in [0.05, 0.1) is 18.9 Å². The molecule has 7 nitrogen and oxygen atoms in total. The highest BCUT2D eigenvalue weighted by atomic mass is 16.5. The van der Waals surface area contributed by atoms with Crippen LogP contribution in [0.2, 0.25) is 0 Å². The van der Waals surface area contributed by atoms with E-state index in [4.69, 9.17) is 9.47 Å². The van der Waals surface area contributed by atoms with Crippen LogP contribution in [0, 0.1) is 0 Å². The number of nitrogens with zero attached hydrogens (tertiary/aromatic N) is 1. The zero-order chi connectivity index (χ0) is 20.8. The monoisotopic (exact) mass is 394 g/mol. The fourth-order valence-corrected chi connectivity index (χ4v) is 2.85. The molecule has 0 unspecified atom stereocenters. The highest BCUT2D eigenvalue weighted by Crippen LogP contribution is 2.26. The van der Waals surface area contributed by atoms with Crippen molar-refractivity contribution in [3.05, 3.63) is 59.7 Å². The van der Waals surface area contributed by atoms with Crippen molar-refractivity contribution in [1.29, 1.82) is 0 Å². The van der Waals surface area contributed by atoms with Crippen molar-refractivity contribution in [3.8, 4) is 11.5 Å². The molecule has 29 heavy (non-hydrogen) atoms. The second-order valence-electron chi connectivity index (χ2n) is 6.27. The van der Waals surface area contributed by atoms with Gasteiger partial charge in [0.2, 0.25) is 0 Å². The first-order chi connectivity index (χ1) is 14.0. The topological polar surface area (TPSA) is 84.9 Å². The van der Waals surface area contributed by atoms with Gasteiger partial charge in [0.25, 0.3) is 11.8 Å². The number of hydrogen-bond donors (Lipinski definition) is 1. The first kappa shape index (κ1) is 20.1. The molecule has 150 valence electrons. The van der Waals surface area contributed by atoms with Crippen molar-refractivity contribution in [1.82, 2.24) is 5.32 Å². The zero-order valence-electron chi connectivity index (χ0n) is 16.3. The number of carbonyl (C=O) groups is 3. The van der Waals surface area contributed by atoms with Crippen molar-refractivity contribution in [3.63, 3.8) is 0 Å². The van der Waals surface area contributed by atoms with Crippen molar-refractivity contribution in [2.75, 3.05) is 18.1 Å². The van der Waals surface area contributed by atoms with Crippen molar-refractivity contribution in [2.45, 2.75) is 20.3 Å². The summed E-state index contributed by atoms with van der Waals surface area (Å²) in [5, 5.41) is 2.22. The molecule has 0 aromatic heterocycles. The summed E-state index contributed by atoms with van der Waals surface area (Å²) < 4.78 is 11.1. The van der Waals surface area contributed by atoms with E-state index >= 15 is 0 Å². The molecule has 0 spiro atoms. The molecule has 2 aromatic rings. The molecule has 1 N–H and O–H groups in total. The van der Waals surface area contributed by atoms with Crippen LogP contribution in [-0.2, 0) is 9.59 Å². The maximum Gasteiger partial charge on any atom is 0.335 e. The van der Waals surface area contributed by atoms with E-state index in [1.54, 1.807) is 48.5 Å². The molecule has 7 heteroatoms. The first-order valence-corrected chi connectivity index (χ1v) is 9.41. The van der Waals surface area contributed by atoms with Crippen LogP contribution in [-0.4, -0.2) is 31.1 Å². The number of para-hydroxylation sites is 1. The predicted octanol–water partition coefficient (Wildman–Crippen LogP) is 3.54. The lowest BCUT2D eigenvalue weighted by atomic mass is 10.1. The highest BCUT2D eigenvalue weighted by Gasteiger charge is 2.37. The van der Waals surface area contributed by atoms with Gasteiger partial charge in [0.15, 0.2) is 0 Å². The summed E-state index contributed by atoms with van der Waals surface area (Å²) in [6.07, 6.45) is 2.30. The molecule has 1 saturated heterocycles. The van der Waals surface area contributed by atoms with E-state index in [-0.39, 0.29) is 5.57 Å². The lowest BCUT2D eigenvalue weighted by Crippen LogP contribution is -2.54. The van der Waals surface area contributed by atoms with Gasteiger partial charge in [-0.25, -0.2) is 9.69 Å². The number of rotatable bonds is 7.